The van der Waals surface area contributed by atoms with E-state index >= 15 is 0 Å². The van der Waals surface area contributed by atoms with Crippen molar-refractivity contribution in [3.8, 4) is 5.75 Å². The highest BCUT2D eigenvalue weighted by Crippen LogP contribution is 2.38. The van der Waals surface area contributed by atoms with E-state index in [0.717, 1.165) is 25.0 Å². The molecule has 8 nitrogen and oxygen atoms in total. The van der Waals surface area contributed by atoms with Gasteiger partial charge in [0.1, 0.15) is 17.0 Å². The summed E-state index contributed by atoms with van der Waals surface area (Å²) in [7, 11) is 1.53. The number of nitrogens with zero attached hydrogens (tertiary/aromatic N) is 3. The molecule has 0 aliphatic carbocycles. The van der Waals surface area contributed by atoms with Crippen LogP contribution in [0.4, 0.5) is 0 Å². The van der Waals surface area contributed by atoms with Crippen LogP contribution < -0.4 is 16.0 Å². The van der Waals surface area contributed by atoms with Crippen molar-refractivity contribution < 1.29 is 9.53 Å². The fourth-order valence-corrected chi connectivity index (χ4v) is 4.30. The second-order valence-electron chi connectivity index (χ2n) is 7.78. The molecule has 2 aromatic heterocycles. The van der Waals surface area contributed by atoms with Gasteiger partial charge in [-0.3, -0.25) is 19.1 Å². The maximum Gasteiger partial charge on any atom is 0.329 e. The van der Waals surface area contributed by atoms with Crippen molar-refractivity contribution in [3.05, 3.63) is 68.5 Å². The average molecular weight is 392 g/mol. The van der Waals surface area contributed by atoms with Crippen molar-refractivity contribution in [1.82, 2.24) is 19.4 Å². The molecule has 1 spiro atoms. The van der Waals surface area contributed by atoms with Crippen LogP contribution in [-0.4, -0.2) is 44.0 Å². The zero-order valence-electron chi connectivity index (χ0n) is 16.0. The molecule has 2 aliphatic heterocycles. The molecule has 1 N–H and O–H groups in total. The summed E-state index contributed by atoms with van der Waals surface area (Å²) in [6.07, 6.45) is 3.99. The van der Waals surface area contributed by atoms with Gasteiger partial charge in [0.15, 0.2) is 0 Å². The molecule has 1 amide bonds. The monoisotopic (exact) mass is 392 g/mol. The van der Waals surface area contributed by atoms with E-state index in [2.05, 4.69) is 16.0 Å². The Kier molecular flexibility index (Phi) is 3.84. The zero-order chi connectivity index (χ0) is 20.2. The summed E-state index contributed by atoms with van der Waals surface area (Å²) in [6, 6.07) is 9.53. The average Bonchev–Trinajstić information content (AvgIpc) is 3.14. The molecule has 2 aliphatic rings. The number of carbonyl (C=O) groups is 1. The molecule has 1 aromatic carbocycles. The van der Waals surface area contributed by atoms with Gasteiger partial charge in [0.25, 0.3) is 11.5 Å². The van der Waals surface area contributed by atoms with Crippen molar-refractivity contribution >= 4 is 16.9 Å². The number of para-hydroxylation sites is 1. The van der Waals surface area contributed by atoms with Gasteiger partial charge in [-0.25, -0.2) is 9.78 Å². The minimum atomic E-state index is -0.546. The van der Waals surface area contributed by atoms with Crippen LogP contribution in [0, 0.1) is 0 Å². The Labute approximate surface area is 165 Å². The highest BCUT2D eigenvalue weighted by Gasteiger charge is 2.44. The van der Waals surface area contributed by atoms with E-state index < -0.39 is 11.2 Å². The maximum absolute atomic E-state index is 13.1. The van der Waals surface area contributed by atoms with Crippen molar-refractivity contribution in [2.75, 3.05) is 13.1 Å². The van der Waals surface area contributed by atoms with Crippen LogP contribution in [0.1, 0.15) is 28.8 Å². The number of pyridine rings is 1. The van der Waals surface area contributed by atoms with Gasteiger partial charge in [0.05, 0.1) is 17.5 Å². The van der Waals surface area contributed by atoms with E-state index in [-0.39, 0.29) is 22.5 Å². The third-order valence-corrected chi connectivity index (χ3v) is 5.95. The Morgan fingerprint density at radius 3 is 2.93 bits per heavy atom. The molecule has 8 heteroatoms. The lowest BCUT2D eigenvalue weighted by Crippen LogP contribution is -2.43. The van der Waals surface area contributed by atoms with Crippen LogP contribution >= 0.6 is 0 Å². The summed E-state index contributed by atoms with van der Waals surface area (Å²) in [5, 5.41) is 0.217. The third kappa shape index (κ3) is 2.83. The number of carbonyl (C=O) groups excluding carboxylic acids is 1. The number of H-pyrrole nitrogens is 1. The van der Waals surface area contributed by atoms with Gasteiger partial charge < -0.3 is 9.64 Å². The number of aryl methyl sites for hydroxylation is 2. The molecule has 5 rings (SSSR count). The number of aromatic amines is 1. The Bertz CT molecular complexity index is 1260. The van der Waals surface area contributed by atoms with E-state index in [0.29, 0.717) is 18.7 Å². The first-order valence-electron chi connectivity index (χ1n) is 9.61. The van der Waals surface area contributed by atoms with Crippen molar-refractivity contribution in [2.24, 2.45) is 7.05 Å². The maximum atomic E-state index is 13.1. The van der Waals surface area contributed by atoms with Gasteiger partial charge in [-0.05, 0) is 30.5 Å². The van der Waals surface area contributed by atoms with Crippen molar-refractivity contribution in [1.29, 1.82) is 0 Å². The topological polar surface area (TPSA) is 97.3 Å². The second-order valence-corrected chi connectivity index (χ2v) is 7.78. The van der Waals surface area contributed by atoms with E-state index in [9.17, 15) is 14.4 Å². The van der Waals surface area contributed by atoms with Gasteiger partial charge >= 0.3 is 5.69 Å². The Morgan fingerprint density at radius 2 is 2.07 bits per heavy atom. The molecule has 4 heterocycles. The molecule has 0 radical (unpaired) electrons. The van der Waals surface area contributed by atoms with Gasteiger partial charge in [-0.15, -0.1) is 0 Å². The Hall–Kier alpha value is -3.42. The predicted octanol–water partition coefficient (Wildman–Crippen LogP) is 1.23. The molecular formula is C21H20N4O4. The lowest BCUT2D eigenvalue weighted by atomic mass is 9.90. The largest absolute Gasteiger partial charge is 0.485 e. The molecule has 1 atom stereocenters. The normalized spacial score (nSPS) is 20.7. The van der Waals surface area contributed by atoms with Crippen molar-refractivity contribution in [2.45, 2.75) is 24.9 Å². The molecule has 1 fully saturated rings. The summed E-state index contributed by atoms with van der Waals surface area (Å²) in [4.78, 5) is 45.1. The molecule has 0 saturated carbocycles. The number of likely N-dealkylation sites (tertiary alicyclic amines) is 1. The highest BCUT2D eigenvalue weighted by atomic mass is 16.5. The van der Waals surface area contributed by atoms with Crippen LogP contribution in [0.3, 0.4) is 0 Å². The number of benzene rings is 1. The summed E-state index contributed by atoms with van der Waals surface area (Å²) >= 11 is 0. The molecular weight excluding hydrogens is 372 g/mol. The number of ether oxygens (including phenoxy) is 1. The van der Waals surface area contributed by atoms with Gasteiger partial charge in [0.2, 0.25) is 0 Å². The lowest BCUT2D eigenvalue weighted by molar-refractivity contribution is 0.0485. The number of hydrogen-bond donors (Lipinski definition) is 1. The number of fused-ring (bicyclic) bond motifs is 2. The third-order valence-electron chi connectivity index (χ3n) is 5.95. The number of rotatable bonds is 1. The summed E-state index contributed by atoms with van der Waals surface area (Å²) in [6.45, 7) is 1.09. The molecule has 148 valence electrons. The minimum Gasteiger partial charge on any atom is -0.485 e. The van der Waals surface area contributed by atoms with E-state index in [1.54, 1.807) is 4.90 Å². The van der Waals surface area contributed by atoms with E-state index in [1.807, 2.05) is 18.2 Å². The second kappa shape index (κ2) is 6.30. The SMILES string of the molecule is Cn1c(=O)[nH]c(=O)c2cc(C(=O)N3CCC4(CCc5ccccc5O4)C3)cnc21. The smallest absolute Gasteiger partial charge is 0.329 e. The van der Waals surface area contributed by atoms with Gasteiger partial charge in [-0.2, -0.15) is 0 Å². The van der Waals surface area contributed by atoms with E-state index in [1.165, 1.54) is 29.4 Å². The first kappa shape index (κ1) is 17.7. The van der Waals surface area contributed by atoms with Gasteiger partial charge in [-0.1, -0.05) is 18.2 Å². The summed E-state index contributed by atoms with van der Waals surface area (Å²) < 4.78 is 7.57. The first-order valence-corrected chi connectivity index (χ1v) is 9.61. The molecule has 1 saturated heterocycles. The Morgan fingerprint density at radius 1 is 1.24 bits per heavy atom. The molecule has 3 aromatic rings. The van der Waals surface area contributed by atoms with Crippen LogP contribution in [0.5, 0.6) is 5.75 Å². The quantitative estimate of drug-likeness (QED) is 0.672. The van der Waals surface area contributed by atoms with Crippen LogP contribution in [0.2, 0.25) is 0 Å². The highest BCUT2D eigenvalue weighted by molar-refractivity contribution is 5.97. The lowest BCUT2D eigenvalue weighted by Gasteiger charge is -2.35. The first-order chi connectivity index (χ1) is 14.0. The van der Waals surface area contributed by atoms with E-state index in [4.69, 9.17) is 4.74 Å². The number of hydrogen-bond acceptors (Lipinski definition) is 5. The fraction of sp³-hybridized carbons (Fsp3) is 0.333. The van der Waals surface area contributed by atoms with Crippen LogP contribution in [-0.2, 0) is 13.5 Å². The number of nitrogens with one attached hydrogen (secondary N) is 1. The Balaban J connectivity index is 1.42. The number of amides is 1. The number of aromatic nitrogens is 3. The molecule has 0 bridgehead atoms. The van der Waals surface area contributed by atoms with Crippen molar-refractivity contribution in [3.63, 3.8) is 0 Å². The fourth-order valence-electron chi connectivity index (χ4n) is 4.30. The standard InChI is InChI=1S/C21H20N4O4/c1-24-17-15(18(26)23-20(24)28)10-14(11-22-17)19(27)25-9-8-21(12-25)7-6-13-4-2-3-5-16(13)29-21/h2-5,10-11H,6-9,12H2,1H3,(H,23,26,28). The van der Waals surface area contributed by atoms with Gasteiger partial charge in [0, 0.05) is 26.2 Å². The zero-order valence-corrected chi connectivity index (χ0v) is 16.0. The summed E-state index contributed by atoms with van der Waals surface area (Å²) in [5.74, 6) is 0.708. The minimum absolute atomic E-state index is 0.188. The summed E-state index contributed by atoms with van der Waals surface area (Å²) in [5.41, 5.74) is 0.331. The molecule has 1 unspecified atom stereocenters. The van der Waals surface area contributed by atoms with Crippen LogP contribution in [0.25, 0.3) is 11.0 Å². The van der Waals surface area contributed by atoms with Crippen LogP contribution in [0.15, 0.2) is 46.1 Å². The molecule has 29 heavy (non-hydrogen) atoms. The predicted molar refractivity (Wildman–Crippen MR) is 106 cm³/mol.